The van der Waals surface area contributed by atoms with E-state index in [2.05, 4.69) is 11.4 Å². The van der Waals surface area contributed by atoms with E-state index in [1.54, 1.807) is 11.8 Å². The molecule has 1 aromatic heterocycles. The maximum atomic E-state index is 12.4. The third-order valence-electron chi connectivity index (χ3n) is 4.83. The highest BCUT2D eigenvalue weighted by atomic mass is 32.2. The van der Waals surface area contributed by atoms with Gasteiger partial charge in [-0.25, -0.2) is 0 Å². The molecule has 0 bridgehead atoms. The van der Waals surface area contributed by atoms with Gasteiger partial charge < -0.3 is 10.2 Å². The van der Waals surface area contributed by atoms with E-state index in [0.717, 1.165) is 21.9 Å². The molecule has 0 radical (unpaired) electrons. The molecule has 28 heavy (non-hydrogen) atoms. The summed E-state index contributed by atoms with van der Waals surface area (Å²) in [5.41, 5.74) is 1.74. The van der Waals surface area contributed by atoms with Crippen molar-refractivity contribution in [2.75, 3.05) is 25.4 Å². The van der Waals surface area contributed by atoms with E-state index in [0.29, 0.717) is 38.0 Å². The largest absolute Gasteiger partial charge is 0.355 e. The van der Waals surface area contributed by atoms with Crippen LogP contribution in [0.1, 0.15) is 33.6 Å². The molecule has 7 heteroatoms. The van der Waals surface area contributed by atoms with Crippen LogP contribution in [0.2, 0.25) is 0 Å². The summed E-state index contributed by atoms with van der Waals surface area (Å²) in [5.74, 6) is 1.71. The lowest BCUT2D eigenvalue weighted by Crippen LogP contribution is -2.43. The Balaban J connectivity index is 1.34. The predicted molar refractivity (Wildman–Crippen MR) is 113 cm³/mol. The van der Waals surface area contributed by atoms with Crippen molar-refractivity contribution in [1.29, 1.82) is 5.26 Å². The van der Waals surface area contributed by atoms with Crippen LogP contribution in [0.3, 0.4) is 0 Å². The van der Waals surface area contributed by atoms with Crippen molar-refractivity contribution >= 4 is 34.9 Å². The first-order chi connectivity index (χ1) is 13.7. The van der Waals surface area contributed by atoms with Crippen LogP contribution >= 0.6 is 23.1 Å². The summed E-state index contributed by atoms with van der Waals surface area (Å²) in [4.78, 5) is 27.3. The molecule has 1 aromatic carbocycles. The highest BCUT2D eigenvalue weighted by Crippen LogP contribution is 2.21. The summed E-state index contributed by atoms with van der Waals surface area (Å²) in [6.45, 7) is 1.88. The quantitative estimate of drug-likeness (QED) is 0.705. The predicted octanol–water partition coefficient (Wildman–Crippen LogP) is 3.52. The van der Waals surface area contributed by atoms with Gasteiger partial charge in [-0.3, -0.25) is 9.59 Å². The molecular weight excluding hydrogens is 390 g/mol. The van der Waals surface area contributed by atoms with E-state index < -0.39 is 0 Å². The standard InChI is InChI=1S/C21H23N3O2S2/c22-14-17-4-1-2-5-18(17)15-27-13-9-23-20(25)16-7-10-24(11-8-16)21(26)19-6-3-12-28-19/h1-6,12,16H,7-11,13,15H2,(H,23,25). The summed E-state index contributed by atoms with van der Waals surface area (Å²) in [6, 6.07) is 13.5. The highest BCUT2D eigenvalue weighted by Gasteiger charge is 2.27. The van der Waals surface area contributed by atoms with E-state index in [1.165, 1.54) is 11.3 Å². The molecule has 0 saturated carbocycles. The van der Waals surface area contributed by atoms with Crippen LogP contribution in [0.5, 0.6) is 0 Å². The molecule has 0 spiro atoms. The first kappa shape index (κ1) is 20.4. The molecule has 2 aromatic rings. The molecule has 2 amide bonds. The van der Waals surface area contributed by atoms with Gasteiger partial charge in [0, 0.05) is 37.1 Å². The number of hydrogen-bond donors (Lipinski definition) is 1. The average molecular weight is 414 g/mol. The lowest BCUT2D eigenvalue weighted by molar-refractivity contribution is -0.126. The third kappa shape index (κ3) is 5.37. The Kier molecular flexibility index (Phi) is 7.52. The van der Waals surface area contributed by atoms with Crippen LogP contribution in [0.15, 0.2) is 41.8 Å². The van der Waals surface area contributed by atoms with E-state index in [9.17, 15) is 9.59 Å². The SMILES string of the molecule is N#Cc1ccccc1CSCCNC(=O)C1CCN(C(=O)c2cccs2)CC1. The van der Waals surface area contributed by atoms with Gasteiger partial charge in [0.15, 0.2) is 0 Å². The number of carbonyl (C=O) groups excluding carboxylic acids is 2. The van der Waals surface area contributed by atoms with Crippen molar-refractivity contribution in [2.45, 2.75) is 18.6 Å². The number of piperidine rings is 1. The van der Waals surface area contributed by atoms with Gasteiger partial charge in [-0.2, -0.15) is 17.0 Å². The van der Waals surface area contributed by atoms with E-state index in [-0.39, 0.29) is 17.7 Å². The van der Waals surface area contributed by atoms with Crippen molar-refractivity contribution in [2.24, 2.45) is 5.92 Å². The van der Waals surface area contributed by atoms with E-state index in [4.69, 9.17) is 5.26 Å². The molecular formula is C21H23N3O2S2. The monoisotopic (exact) mass is 413 g/mol. The summed E-state index contributed by atoms with van der Waals surface area (Å²) in [5, 5.41) is 14.0. The number of nitrogens with zero attached hydrogens (tertiary/aromatic N) is 2. The molecule has 0 aliphatic carbocycles. The second kappa shape index (κ2) is 10.3. The van der Waals surface area contributed by atoms with E-state index in [1.807, 2.05) is 46.7 Å². The van der Waals surface area contributed by atoms with Crippen LogP contribution in [0.4, 0.5) is 0 Å². The van der Waals surface area contributed by atoms with Crippen LogP contribution < -0.4 is 5.32 Å². The number of likely N-dealkylation sites (tertiary alicyclic amines) is 1. The number of nitriles is 1. The molecule has 5 nitrogen and oxygen atoms in total. The van der Waals surface area contributed by atoms with Gasteiger partial charge >= 0.3 is 0 Å². The van der Waals surface area contributed by atoms with Crippen molar-refractivity contribution in [3.05, 3.63) is 57.8 Å². The number of nitrogens with one attached hydrogen (secondary N) is 1. The highest BCUT2D eigenvalue weighted by molar-refractivity contribution is 7.98. The number of benzene rings is 1. The molecule has 1 fully saturated rings. The number of thioether (sulfide) groups is 1. The minimum absolute atomic E-state index is 0.0169. The smallest absolute Gasteiger partial charge is 0.263 e. The van der Waals surface area contributed by atoms with Gasteiger partial charge in [0.1, 0.15) is 0 Å². The third-order valence-corrected chi connectivity index (χ3v) is 6.69. The van der Waals surface area contributed by atoms with Gasteiger partial charge in [-0.05, 0) is 35.9 Å². The number of hydrogen-bond acceptors (Lipinski definition) is 5. The fourth-order valence-electron chi connectivity index (χ4n) is 3.23. The minimum atomic E-state index is -0.0169. The Labute approximate surface area is 173 Å². The fourth-order valence-corrected chi connectivity index (χ4v) is 4.78. The van der Waals surface area contributed by atoms with Crippen molar-refractivity contribution in [1.82, 2.24) is 10.2 Å². The Bertz CT molecular complexity index is 838. The zero-order valence-electron chi connectivity index (χ0n) is 15.6. The molecule has 1 aliphatic heterocycles. The van der Waals surface area contributed by atoms with Gasteiger partial charge in [0.25, 0.3) is 5.91 Å². The average Bonchev–Trinajstić information content (AvgIpc) is 3.28. The molecule has 2 heterocycles. The Hall–Kier alpha value is -2.30. The molecule has 3 rings (SSSR count). The lowest BCUT2D eigenvalue weighted by Gasteiger charge is -2.31. The molecule has 0 atom stereocenters. The van der Waals surface area contributed by atoms with Crippen molar-refractivity contribution < 1.29 is 9.59 Å². The maximum absolute atomic E-state index is 12.4. The molecule has 1 aliphatic rings. The van der Waals surface area contributed by atoms with Crippen LogP contribution in [-0.2, 0) is 10.5 Å². The van der Waals surface area contributed by atoms with Gasteiger partial charge in [0.2, 0.25) is 5.91 Å². The lowest BCUT2D eigenvalue weighted by atomic mass is 9.96. The number of thiophene rings is 1. The van der Waals surface area contributed by atoms with Gasteiger partial charge in [-0.1, -0.05) is 24.3 Å². The summed E-state index contributed by atoms with van der Waals surface area (Å²) >= 11 is 3.17. The van der Waals surface area contributed by atoms with Gasteiger partial charge in [0.05, 0.1) is 16.5 Å². The van der Waals surface area contributed by atoms with Crippen LogP contribution in [-0.4, -0.2) is 42.1 Å². The van der Waals surface area contributed by atoms with Crippen LogP contribution in [0.25, 0.3) is 0 Å². The van der Waals surface area contributed by atoms with Crippen LogP contribution in [0, 0.1) is 17.2 Å². The molecule has 1 saturated heterocycles. The fraction of sp³-hybridized carbons (Fsp3) is 0.381. The van der Waals surface area contributed by atoms with Gasteiger partial charge in [-0.15, -0.1) is 11.3 Å². The summed E-state index contributed by atoms with van der Waals surface area (Å²) in [7, 11) is 0. The second-order valence-corrected chi connectivity index (χ2v) is 8.71. The minimum Gasteiger partial charge on any atom is -0.355 e. The Morgan fingerprint density at radius 3 is 2.71 bits per heavy atom. The zero-order valence-corrected chi connectivity index (χ0v) is 17.2. The Morgan fingerprint density at radius 2 is 2.00 bits per heavy atom. The van der Waals surface area contributed by atoms with Crippen molar-refractivity contribution in [3.8, 4) is 6.07 Å². The summed E-state index contributed by atoms with van der Waals surface area (Å²) in [6.07, 6.45) is 1.43. The molecule has 146 valence electrons. The first-order valence-corrected chi connectivity index (χ1v) is 11.4. The zero-order chi connectivity index (χ0) is 19.8. The number of amides is 2. The van der Waals surface area contributed by atoms with E-state index >= 15 is 0 Å². The molecule has 1 N–H and O–H groups in total. The first-order valence-electron chi connectivity index (χ1n) is 9.35. The molecule has 0 unspecified atom stereocenters. The number of rotatable bonds is 7. The number of carbonyl (C=O) groups is 2. The summed E-state index contributed by atoms with van der Waals surface area (Å²) < 4.78 is 0. The maximum Gasteiger partial charge on any atom is 0.263 e. The normalized spacial score (nSPS) is 14.5. The topological polar surface area (TPSA) is 73.2 Å². The van der Waals surface area contributed by atoms with Crippen molar-refractivity contribution in [3.63, 3.8) is 0 Å². The second-order valence-electron chi connectivity index (χ2n) is 6.66. The Morgan fingerprint density at radius 1 is 1.21 bits per heavy atom.